The molecule has 80 valence electrons. The fraction of sp³-hybridized carbons (Fsp3) is 0.500. The smallest absolute Gasteiger partial charge is 0.123 e. The number of nitrogens with zero attached hydrogens (tertiary/aromatic N) is 2. The third-order valence-corrected chi connectivity index (χ3v) is 2.95. The van der Waals surface area contributed by atoms with Crippen molar-refractivity contribution in [1.82, 2.24) is 9.88 Å². The summed E-state index contributed by atoms with van der Waals surface area (Å²) >= 11 is 0. The van der Waals surface area contributed by atoms with Crippen molar-refractivity contribution in [3.05, 3.63) is 30.1 Å². The number of piperidine rings is 1. The van der Waals surface area contributed by atoms with E-state index < -0.39 is 0 Å². The van der Waals surface area contributed by atoms with Gasteiger partial charge in [-0.15, -0.1) is 0 Å². The molecule has 1 aliphatic rings. The quantitative estimate of drug-likeness (QED) is 0.699. The van der Waals surface area contributed by atoms with Gasteiger partial charge in [-0.3, -0.25) is 9.88 Å². The molecule has 0 atom stereocenters. The highest BCUT2D eigenvalue weighted by molar-refractivity contribution is 5.53. The highest BCUT2D eigenvalue weighted by atomic mass is 16.1. The van der Waals surface area contributed by atoms with Gasteiger partial charge in [-0.2, -0.15) is 0 Å². The van der Waals surface area contributed by atoms with E-state index >= 15 is 0 Å². The van der Waals surface area contributed by atoms with Gasteiger partial charge in [0.05, 0.1) is 0 Å². The van der Waals surface area contributed by atoms with Crippen LogP contribution in [0.4, 0.5) is 0 Å². The summed E-state index contributed by atoms with van der Waals surface area (Å²) in [6.45, 7) is 3.01. The zero-order chi connectivity index (χ0) is 10.5. The first kappa shape index (κ1) is 10.3. The van der Waals surface area contributed by atoms with Crippen LogP contribution in [0.15, 0.2) is 24.5 Å². The second-order valence-electron chi connectivity index (χ2n) is 4.11. The summed E-state index contributed by atoms with van der Waals surface area (Å²) in [6, 6.07) is 4.06. The number of carbonyl (C=O) groups excluding carboxylic acids is 1. The van der Waals surface area contributed by atoms with Gasteiger partial charge in [0.1, 0.15) is 6.29 Å². The van der Waals surface area contributed by atoms with Gasteiger partial charge in [-0.1, -0.05) is 6.07 Å². The largest absolute Gasteiger partial charge is 0.303 e. The van der Waals surface area contributed by atoms with Crippen LogP contribution in [0.25, 0.3) is 0 Å². The zero-order valence-electron chi connectivity index (χ0n) is 8.80. The van der Waals surface area contributed by atoms with Gasteiger partial charge in [0, 0.05) is 24.9 Å². The molecule has 0 bridgehead atoms. The molecule has 1 saturated heterocycles. The number of pyridine rings is 1. The van der Waals surface area contributed by atoms with Gasteiger partial charge in [-0.25, -0.2) is 0 Å². The van der Waals surface area contributed by atoms with E-state index in [0.717, 1.165) is 38.8 Å². The van der Waals surface area contributed by atoms with E-state index in [-0.39, 0.29) is 5.92 Å². The Balaban J connectivity index is 1.85. The van der Waals surface area contributed by atoms with Crippen LogP contribution in [0.3, 0.4) is 0 Å². The Morgan fingerprint density at radius 2 is 2.27 bits per heavy atom. The average molecular weight is 204 g/mol. The molecule has 0 unspecified atom stereocenters. The number of hydrogen-bond donors (Lipinski definition) is 0. The van der Waals surface area contributed by atoms with E-state index in [4.69, 9.17) is 0 Å². The van der Waals surface area contributed by atoms with Crippen molar-refractivity contribution in [1.29, 1.82) is 0 Å². The van der Waals surface area contributed by atoms with Crippen molar-refractivity contribution in [3.8, 4) is 0 Å². The molecule has 3 nitrogen and oxygen atoms in total. The van der Waals surface area contributed by atoms with Gasteiger partial charge in [0.25, 0.3) is 0 Å². The SMILES string of the molecule is O=CC1CCN(Cc2cccnc2)CC1. The molecule has 0 N–H and O–H groups in total. The van der Waals surface area contributed by atoms with Gasteiger partial charge in [0.15, 0.2) is 0 Å². The lowest BCUT2D eigenvalue weighted by Crippen LogP contribution is -2.33. The summed E-state index contributed by atoms with van der Waals surface area (Å²) in [5, 5.41) is 0. The maximum atomic E-state index is 10.6. The van der Waals surface area contributed by atoms with Crippen molar-refractivity contribution in [3.63, 3.8) is 0 Å². The Kier molecular flexibility index (Phi) is 3.45. The molecule has 1 aliphatic heterocycles. The van der Waals surface area contributed by atoms with Crippen LogP contribution in [0.2, 0.25) is 0 Å². The second-order valence-corrected chi connectivity index (χ2v) is 4.11. The van der Waals surface area contributed by atoms with E-state index in [1.807, 2.05) is 12.3 Å². The number of aldehydes is 1. The van der Waals surface area contributed by atoms with Gasteiger partial charge >= 0.3 is 0 Å². The number of rotatable bonds is 3. The molecule has 0 amide bonds. The molecule has 0 spiro atoms. The molecular formula is C12H16N2O. The summed E-state index contributed by atoms with van der Waals surface area (Å²) < 4.78 is 0. The number of hydrogen-bond acceptors (Lipinski definition) is 3. The molecule has 3 heteroatoms. The Bertz CT molecular complexity index is 305. The number of aromatic nitrogens is 1. The molecule has 1 fully saturated rings. The minimum Gasteiger partial charge on any atom is -0.303 e. The molecular weight excluding hydrogens is 188 g/mol. The van der Waals surface area contributed by atoms with E-state index in [1.165, 1.54) is 5.56 Å². The first-order valence-corrected chi connectivity index (χ1v) is 5.45. The third-order valence-electron chi connectivity index (χ3n) is 2.95. The Morgan fingerprint density at radius 3 is 2.87 bits per heavy atom. The summed E-state index contributed by atoms with van der Waals surface area (Å²) in [5.41, 5.74) is 1.25. The molecule has 0 radical (unpaired) electrons. The first-order chi connectivity index (χ1) is 7.38. The normalized spacial score (nSPS) is 18.9. The van der Waals surface area contributed by atoms with Crippen LogP contribution in [-0.4, -0.2) is 29.3 Å². The second kappa shape index (κ2) is 5.03. The maximum Gasteiger partial charge on any atom is 0.123 e. The summed E-state index contributed by atoms with van der Waals surface area (Å²) in [7, 11) is 0. The molecule has 0 saturated carbocycles. The van der Waals surface area contributed by atoms with E-state index in [2.05, 4.69) is 16.0 Å². The monoisotopic (exact) mass is 204 g/mol. The fourth-order valence-corrected chi connectivity index (χ4v) is 2.00. The minimum atomic E-state index is 0.287. The van der Waals surface area contributed by atoms with Crippen LogP contribution in [0.1, 0.15) is 18.4 Å². The first-order valence-electron chi connectivity index (χ1n) is 5.45. The zero-order valence-corrected chi connectivity index (χ0v) is 8.80. The van der Waals surface area contributed by atoms with Gasteiger partial charge in [-0.05, 0) is 37.6 Å². The highest BCUT2D eigenvalue weighted by Crippen LogP contribution is 2.16. The van der Waals surface area contributed by atoms with Crippen LogP contribution in [0.5, 0.6) is 0 Å². The van der Waals surface area contributed by atoms with Gasteiger partial charge in [0.2, 0.25) is 0 Å². The predicted molar refractivity (Wildman–Crippen MR) is 58.3 cm³/mol. The van der Waals surface area contributed by atoms with Crippen molar-refractivity contribution in [2.24, 2.45) is 5.92 Å². The maximum absolute atomic E-state index is 10.6. The van der Waals surface area contributed by atoms with Crippen LogP contribution >= 0.6 is 0 Å². The average Bonchev–Trinajstić information content (AvgIpc) is 2.31. The molecule has 15 heavy (non-hydrogen) atoms. The van der Waals surface area contributed by atoms with Crippen LogP contribution in [0, 0.1) is 5.92 Å². The third kappa shape index (κ3) is 2.86. The Labute approximate surface area is 90.1 Å². The molecule has 1 aromatic heterocycles. The lowest BCUT2D eigenvalue weighted by Gasteiger charge is -2.29. The fourth-order valence-electron chi connectivity index (χ4n) is 2.00. The molecule has 2 rings (SSSR count). The molecule has 1 aromatic rings. The van der Waals surface area contributed by atoms with Crippen molar-refractivity contribution in [2.75, 3.05) is 13.1 Å². The Hall–Kier alpha value is -1.22. The minimum absolute atomic E-state index is 0.287. The van der Waals surface area contributed by atoms with Crippen LogP contribution < -0.4 is 0 Å². The number of likely N-dealkylation sites (tertiary alicyclic amines) is 1. The van der Waals surface area contributed by atoms with Crippen molar-refractivity contribution >= 4 is 6.29 Å². The van der Waals surface area contributed by atoms with E-state index in [1.54, 1.807) is 6.20 Å². The van der Waals surface area contributed by atoms with E-state index in [9.17, 15) is 4.79 Å². The highest BCUT2D eigenvalue weighted by Gasteiger charge is 2.18. The Morgan fingerprint density at radius 1 is 1.47 bits per heavy atom. The van der Waals surface area contributed by atoms with E-state index in [0.29, 0.717) is 0 Å². The standard InChI is InChI=1S/C12H16N2O/c15-10-11-3-6-14(7-4-11)9-12-2-1-5-13-8-12/h1-2,5,8,10-11H,3-4,6-7,9H2. The molecule has 2 heterocycles. The topological polar surface area (TPSA) is 33.2 Å². The molecule has 0 aliphatic carbocycles. The molecule has 0 aromatic carbocycles. The predicted octanol–water partition coefficient (Wildman–Crippen LogP) is 1.49. The number of carbonyl (C=O) groups is 1. The summed E-state index contributed by atoms with van der Waals surface area (Å²) in [6.07, 6.45) is 6.81. The van der Waals surface area contributed by atoms with Crippen LogP contribution in [-0.2, 0) is 11.3 Å². The summed E-state index contributed by atoms with van der Waals surface area (Å²) in [5.74, 6) is 0.287. The lowest BCUT2D eigenvalue weighted by molar-refractivity contribution is -0.112. The van der Waals surface area contributed by atoms with Crippen molar-refractivity contribution in [2.45, 2.75) is 19.4 Å². The van der Waals surface area contributed by atoms with Crippen molar-refractivity contribution < 1.29 is 4.79 Å². The summed E-state index contributed by atoms with van der Waals surface area (Å²) in [4.78, 5) is 17.1. The lowest BCUT2D eigenvalue weighted by atomic mass is 9.98. The van der Waals surface area contributed by atoms with Gasteiger partial charge < -0.3 is 4.79 Å².